The highest BCUT2D eigenvalue weighted by molar-refractivity contribution is 6.02. The van der Waals surface area contributed by atoms with Crippen LogP contribution >= 0.6 is 0 Å². The molecule has 0 aliphatic carbocycles. The van der Waals surface area contributed by atoms with E-state index in [-0.39, 0.29) is 0 Å². The second-order valence-corrected chi connectivity index (χ2v) is 2.94. The van der Waals surface area contributed by atoms with Gasteiger partial charge >= 0.3 is 5.97 Å². The normalized spacial score (nSPS) is 10.3. The van der Waals surface area contributed by atoms with Crippen molar-refractivity contribution < 1.29 is 14.3 Å². The third kappa shape index (κ3) is 1.52. The summed E-state index contributed by atoms with van der Waals surface area (Å²) in [5, 5.41) is 0. The van der Waals surface area contributed by atoms with Crippen molar-refractivity contribution in [3.05, 3.63) is 23.9 Å². The summed E-state index contributed by atoms with van der Waals surface area (Å²) in [6.45, 7) is 0. The molecule has 0 spiro atoms. The molecular formula is C10H10N2O3. The first kappa shape index (κ1) is 9.51. The minimum atomic E-state index is -0.415. The molecule has 2 rings (SSSR count). The quantitative estimate of drug-likeness (QED) is 0.753. The summed E-state index contributed by atoms with van der Waals surface area (Å²) >= 11 is 0. The summed E-state index contributed by atoms with van der Waals surface area (Å²) < 4.78 is 9.62. The monoisotopic (exact) mass is 206 g/mol. The van der Waals surface area contributed by atoms with Crippen LogP contribution in [-0.4, -0.2) is 30.2 Å². The number of esters is 1. The number of pyridine rings is 1. The first-order chi connectivity index (χ1) is 7.26. The van der Waals surface area contributed by atoms with Crippen LogP contribution in [0.2, 0.25) is 0 Å². The number of H-pyrrole nitrogens is 1. The molecule has 0 unspecified atom stereocenters. The Hall–Kier alpha value is -2.04. The number of aromatic nitrogens is 2. The van der Waals surface area contributed by atoms with E-state index in [1.165, 1.54) is 14.2 Å². The van der Waals surface area contributed by atoms with Crippen LogP contribution in [0.3, 0.4) is 0 Å². The average Bonchev–Trinajstić information content (AvgIpc) is 2.70. The van der Waals surface area contributed by atoms with Gasteiger partial charge in [-0.25, -0.2) is 9.78 Å². The van der Waals surface area contributed by atoms with E-state index < -0.39 is 5.97 Å². The zero-order valence-electron chi connectivity index (χ0n) is 8.40. The molecule has 2 heterocycles. The predicted molar refractivity (Wildman–Crippen MR) is 54.0 cm³/mol. The highest BCUT2D eigenvalue weighted by atomic mass is 16.5. The molecule has 2 aromatic heterocycles. The van der Waals surface area contributed by atoms with Crippen molar-refractivity contribution in [2.24, 2.45) is 0 Å². The first-order valence-corrected chi connectivity index (χ1v) is 4.36. The number of nitrogens with one attached hydrogen (secondary N) is 1. The standard InChI is InChI=1S/C10H10N2O3/c1-14-8-4-3-7-9(12-8)6(5-11-7)10(13)15-2/h3-5,11H,1-2H3. The number of rotatable bonds is 2. The third-order valence-corrected chi connectivity index (χ3v) is 2.11. The smallest absolute Gasteiger partial charge is 0.341 e. The van der Waals surface area contributed by atoms with Crippen molar-refractivity contribution in [2.45, 2.75) is 0 Å². The van der Waals surface area contributed by atoms with Crippen molar-refractivity contribution in [3.8, 4) is 5.88 Å². The number of carbonyl (C=O) groups is 1. The molecule has 78 valence electrons. The van der Waals surface area contributed by atoms with Gasteiger partial charge in [0, 0.05) is 12.3 Å². The van der Waals surface area contributed by atoms with Gasteiger partial charge in [-0.1, -0.05) is 0 Å². The molecule has 0 atom stereocenters. The summed E-state index contributed by atoms with van der Waals surface area (Å²) in [5.74, 6) is 0.0502. The highest BCUT2D eigenvalue weighted by Crippen LogP contribution is 2.19. The maximum atomic E-state index is 11.4. The highest BCUT2D eigenvalue weighted by Gasteiger charge is 2.13. The van der Waals surface area contributed by atoms with Crippen LogP contribution in [0.25, 0.3) is 11.0 Å². The van der Waals surface area contributed by atoms with Crippen LogP contribution in [0.15, 0.2) is 18.3 Å². The second kappa shape index (κ2) is 3.61. The van der Waals surface area contributed by atoms with Crippen LogP contribution in [-0.2, 0) is 4.74 Å². The lowest BCUT2D eigenvalue weighted by Gasteiger charge is -1.99. The van der Waals surface area contributed by atoms with Gasteiger partial charge in [0.05, 0.1) is 19.7 Å². The summed E-state index contributed by atoms with van der Waals surface area (Å²) in [7, 11) is 2.86. The minimum Gasteiger partial charge on any atom is -0.481 e. The summed E-state index contributed by atoms with van der Waals surface area (Å²) in [4.78, 5) is 18.5. The SMILES string of the molecule is COC(=O)c1c[nH]c2ccc(OC)nc12. The molecule has 0 aromatic carbocycles. The van der Waals surface area contributed by atoms with Crippen molar-refractivity contribution in [1.29, 1.82) is 0 Å². The molecule has 0 bridgehead atoms. The zero-order chi connectivity index (χ0) is 10.8. The first-order valence-electron chi connectivity index (χ1n) is 4.36. The summed E-state index contributed by atoms with van der Waals surface area (Å²) in [6.07, 6.45) is 1.57. The van der Waals surface area contributed by atoms with Gasteiger partial charge in [0.25, 0.3) is 0 Å². The zero-order valence-corrected chi connectivity index (χ0v) is 8.40. The van der Waals surface area contributed by atoms with Gasteiger partial charge in [-0.15, -0.1) is 0 Å². The van der Waals surface area contributed by atoms with E-state index in [2.05, 4.69) is 14.7 Å². The fraction of sp³-hybridized carbons (Fsp3) is 0.200. The number of ether oxygens (including phenoxy) is 2. The van der Waals surface area contributed by atoms with Gasteiger partial charge < -0.3 is 14.5 Å². The van der Waals surface area contributed by atoms with E-state index in [0.29, 0.717) is 17.0 Å². The number of hydrogen-bond acceptors (Lipinski definition) is 4. The van der Waals surface area contributed by atoms with Gasteiger partial charge in [-0.2, -0.15) is 0 Å². The Balaban J connectivity index is 2.61. The minimum absolute atomic E-state index is 0.409. The average molecular weight is 206 g/mol. The van der Waals surface area contributed by atoms with E-state index in [1.54, 1.807) is 18.3 Å². The van der Waals surface area contributed by atoms with Crippen LogP contribution < -0.4 is 4.74 Å². The van der Waals surface area contributed by atoms with E-state index in [9.17, 15) is 4.79 Å². The summed E-state index contributed by atoms with van der Waals surface area (Å²) in [6, 6.07) is 3.52. The third-order valence-electron chi connectivity index (χ3n) is 2.11. The molecule has 0 aliphatic rings. The molecule has 0 amide bonds. The van der Waals surface area contributed by atoms with E-state index in [4.69, 9.17) is 4.74 Å². The number of fused-ring (bicyclic) bond motifs is 1. The molecule has 0 aliphatic heterocycles. The molecule has 0 radical (unpaired) electrons. The van der Waals surface area contributed by atoms with E-state index in [0.717, 1.165) is 5.52 Å². The van der Waals surface area contributed by atoms with Gasteiger partial charge in [-0.05, 0) is 6.07 Å². The fourth-order valence-corrected chi connectivity index (χ4v) is 1.36. The topological polar surface area (TPSA) is 64.2 Å². The van der Waals surface area contributed by atoms with Gasteiger partial charge in [0.15, 0.2) is 0 Å². The number of methoxy groups -OCH3 is 2. The Kier molecular flexibility index (Phi) is 2.29. The summed E-state index contributed by atoms with van der Waals surface area (Å²) in [5.41, 5.74) is 1.74. The molecule has 15 heavy (non-hydrogen) atoms. The Labute approximate surface area is 86.0 Å². The molecule has 0 saturated heterocycles. The molecule has 0 saturated carbocycles. The molecular weight excluding hydrogens is 196 g/mol. The molecule has 5 nitrogen and oxygen atoms in total. The van der Waals surface area contributed by atoms with Crippen LogP contribution in [0, 0.1) is 0 Å². The Morgan fingerprint density at radius 3 is 2.87 bits per heavy atom. The van der Waals surface area contributed by atoms with Crippen molar-refractivity contribution >= 4 is 17.0 Å². The fourth-order valence-electron chi connectivity index (χ4n) is 1.36. The van der Waals surface area contributed by atoms with Crippen molar-refractivity contribution in [1.82, 2.24) is 9.97 Å². The second-order valence-electron chi connectivity index (χ2n) is 2.94. The van der Waals surface area contributed by atoms with E-state index in [1.807, 2.05) is 0 Å². The maximum Gasteiger partial charge on any atom is 0.341 e. The molecule has 5 heteroatoms. The number of nitrogens with zero attached hydrogens (tertiary/aromatic N) is 1. The van der Waals surface area contributed by atoms with Crippen molar-refractivity contribution in [2.75, 3.05) is 14.2 Å². The van der Waals surface area contributed by atoms with Gasteiger partial charge in [0.1, 0.15) is 11.1 Å². The van der Waals surface area contributed by atoms with Gasteiger partial charge in [-0.3, -0.25) is 0 Å². The largest absolute Gasteiger partial charge is 0.481 e. The van der Waals surface area contributed by atoms with Crippen LogP contribution in [0.1, 0.15) is 10.4 Å². The van der Waals surface area contributed by atoms with E-state index >= 15 is 0 Å². The predicted octanol–water partition coefficient (Wildman–Crippen LogP) is 1.36. The molecule has 0 fully saturated rings. The van der Waals surface area contributed by atoms with Crippen LogP contribution in [0.5, 0.6) is 5.88 Å². The lowest BCUT2D eigenvalue weighted by molar-refractivity contribution is 0.0603. The Bertz CT molecular complexity index is 504. The van der Waals surface area contributed by atoms with Crippen LogP contribution in [0.4, 0.5) is 0 Å². The number of hydrogen-bond donors (Lipinski definition) is 1. The Morgan fingerprint density at radius 1 is 1.40 bits per heavy atom. The Morgan fingerprint density at radius 2 is 2.20 bits per heavy atom. The number of carbonyl (C=O) groups excluding carboxylic acids is 1. The maximum absolute atomic E-state index is 11.4. The molecule has 2 aromatic rings. The lowest BCUT2D eigenvalue weighted by Crippen LogP contribution is -2.00. The van der Waals surface area contributed by atoms with Gasteiger partial charge in [0.2, 0.25) is 5.88 Å². The lowest BCUT2D eigenvalue weighted by atomic mass is 10.2. The van der Waals surface area contributed by atoms with Crippen molar-refractivity contribution in [3.63, 3.8) is 0 Å². The molecule has 1 N–H and O–H groups in total. The number of aromatic amines is 1.